The van der Waals surface area contributed by atoms with Crippen molar-refractivity contribution in [3.05, 3.63) is 0 Å². The maximum Gasteiger partial charge on any atom is 0.407 e. The van der Waals surface area contributed by atoms with Gasteiger partial charge in [-0.2, -0.15) is 17.4 Å². The van der Waals surface area contributed by atoms with Gasteiger partial charge >= 0.3 is 6.09 Å². The predicted molar refractivity (Wildman–Crippen MR) is 94.2 cm³/mol. The number of likely N-dealkylation sites (tertiary alicyclic amines) is 1. The first-order chi connectivity index (χ1) is 11.4. The first kappa shape index (κ1) is 21.7. The lowest BCUT2D eigenvalue weighted by molar-refractivity contribution is -0.132. The van der Waals surface area contributed by atoms with Crippen LogP contribution >= 0.6 is 0 Å². The van der Waals surface area contributed by atoms with Crippen LogP contribution in [0.25, 0.3) is 0 Å². The molecule has 9 nitrogen and oxygen atoms in total. The molecule has 0 aromatic heterocycles. The summed E-state index contributed by atoms with van der Waals surface area (Å²) < 4.78 is 32.5. The fraction of sp³-hybridized carbons (Fsp3) is 0.867. The van der Waals surface area contributed by atoms with E-state index in [1.54, 1.807) is 25.7 Å². The first-order valence-electron chi connectivity index (χ1n) is 8.35. The molecule has 1 saturated heterocycles. The van der Waals surface area contributed by atoms with Gasteiger partial charge in [0.05, 0.1) is 0 Å². The molecule has 0 bridgehead atoms. The van der Waals surface area contributed by atoms with Crippen LogP contribution in [-0.2, 0) is 19.7 Å². The van der Waals surface area contributed by atoms with Crippen LogP contribution in [0.2, 0.25) is 0 Å². The normalized spacial score (nSPS) is 16.8. The van der Waals surface area contributed by atoms with Crippen molar-refractivity contribution in [1.29, 1.82) is 0 Å². The second-order valence-corrected chi connectivity index (χ2v) is 9.16. The van der Waals surface area contributed by atoms with E-state index in [0.29, 0.717) is 25.9 Å². The van der Waals surface area contributed by atoms with Gasteiger partial charge in [-0.05, 0) is 33.6 Å². The molecule has 25 heavy (non-hydrogen) atoms. The largest absolute Gasteiger partial charge is 0.444 e. The van der Waals surface area contributed by atoms with Crippen molar-refractivity contribution in [2.75, 3.05) is 33.7 Å². The number of nitrogens with one attached hydrogen (secondary N) is 2. The van der Waals surface area contributed by atoms with E-state index in [9.17, 15) is 18.0 Å². The molecule has 0 aliphatic carbocycles. The molecule has 1 rings (SSSR count). The van der Waals surface area contributed by atoms with Crippen molar-refractivity contribution < 1.29 is 22.7 Å². The van der Waals surface area contributed by atoms with Gasteiger partial charge in [-0.3, -0.25) is 4.79 Å². The molecule has 1 aliphatic heterocycles. The molecule has 2 N–H and O–H groups in total. The highest BCUT2D eigenvalue weighted by molar-refractivity contribution is 7.87. The third-order valence-electron chi connectivity index (χ3n) is 3.65. The van der Waals surface area contributed by atoms with Crippen LogP contribution in [-0.4, -0.2) is 75.0 Å². The number of piperidine rings is 1. The average molecular weight is 378 g/mol. The van der Waals surface area contributed by atoms with Gasteiger partial charge in [0.25, 0.3) is 10.2 Å². The van der Waals surface area contributed by atoms with Gasteiger partial charge in [-0.1, -0.05) is 0 Å². The number of alkyl carbamates (subject to hydrolysis) is 1. The molecule has 2 amide bonds. The summed E-state index contributed by atoms with van der Waals surface area (Å²) in [6, 6.07) is -0.170. The third kappa shape index (κ3) is 8.02. The maximum absolute atomic E-state index is 12.2. The van der Waals surface area contributed by atoms with Crippen LogP contribution in [0, 0.1) is 0 Å². The summed E-state index contributed by atoms with van der Waals surface area (Å²) in [4.78, 5) is 25.4. The Morgan fingerprint density at radius 1 is 1.20 bits per heavy atom. The predicted octanol–water partition coefficient (Wildman–Crippen LogP) is 0.288. The van der Waals surface area contributed by atoms with E-state index < -0.39 is 21.9 Å². The van der Waals surface area contributed by atoms with E-state index in [4.69, 9.17) is 4.74 Å². The van der Waals surface area contributed by atoms with E-state index in [-0.39, 0.29) is 24.9 Å². The maximum atomic E-state index is 12.2. The quantitative estimate of drug-likeness (QED) is 0.691. The van der Waals surface area contributed by atoms with Gasteiger partial charge in [-0.15, -0.1) is 0 Å². The Morgan fingerprint density at radius 3 is 2.24 bits per heavy atom. The van der Waals surface area contributed by atoms with Gasteiger partial charge < -0.3 is 15.0 Å². The Bertz CT molecular complexity index is 563. The molecule has 0 aromatic carbocycles. The fourth-order valence-electron chi connectivity index (χ4n) is 2.31. The zero-order chi connectivity index (χ0) is 19.3. The molecular formula is C15H30N4O5S. The van der Waals surface area contributed by atoms with Crippen LogP contribution in [0.4, 0.5) is 4.79 Å². The van der Waals surface area contributed by atoms with Crippen molar-refractivity contribution in [1.82, 2.24) is 19.2 Å². The monoisotopic (exact) mass is 378 g/mol. The van der Waals surface area contributed by atoms with Crippen LogP contribution < -0.4 is 10.0 Å². The summed E-state index contributed by atoms with van der Waals surface area (Å²) in [5.74, 6) is -0.0648. The summed E-state index contributed by atoms with van der Waals surface area (Å²) in [7, 11) is -0.514. The van der Waals surface area contributed by atoms with Crippen LogP contribution in [0.15, 0.2) is 0 Å². The van der Waals surface area contributed by atoms with Crippen LogP contribution in [0.3, 0.4) is 0 Å². The molecule has 0 saturated carbocycles. The standard InChI is InChI=1S/C15H30N4O5S/c1-15(2,3)24-14(21)16-9-6-13(20)19-10-7-12(8-11-19)17-25(22,23)18(4)5/h12,17H,6-11H2,1-5H3,(H,16,21). The summed E-state index contributed by atoms with van der Waals surface area (Å²) in [5, 5.41) is 2.56. The summed E-state index contributed by atoms with van der Waals surface area (Å²) >= 11 is 0. The van der Waals surface area contributed by atoms with Gasteiger partial charge in [0.15, 0.2) is 0 Å². The Morgan fingerprint density at radius 2 is 1.76 bits per heavy atom. The minimum Gasteiger partial charge on any atom is -0.444 e. The van der Waals surface area contributed by atoms with Gasteiger partial charge in [0.1, 0.15) is 5.60 Å². The zero-order valence-electron chi connectivity index (χ0n) is 15.7. The molecule has 0 aromatic rings. The minimum atomic E-state index is -3.46. The summed E-state index contributed by atoms with van der Waals surface area (Å²) in [5.41, 5.74) is -0.574. The Balaban J connectivity index is 2.31. The third-order valence-corrected chi connectivity index (χ3v) is 5.24. The molecular weight excluding hydrogens is 348 g/mol. The first-order valence-corrected chi connectivity index (χ1v) is 9.79. The van der Waals surface area contributed by atoms with E-state index in [2.05, 4.69) is 10.0 Å². The summed E-state index contributed by atoms with van der Waals surface area (Å²) in [6.45, 7) is 6.50. The number of hydrogen-bond acceptors (Lipinski definition) is 5. The molecule has 10 heteroatoms. The lowest BCUT2D eigenvalue weighted by Gasteiger charge is -2.32. The molecule has 146 valence electrons. The highest BCUT2D eigenvalue weighted by Crippen LogP contribution is 2.13. The SMILES string of the molecule is CN(C)S(=O)(=O)NC1CCN(C(=O)CCNC(=O)OC(C)(C)C)CC1. The lowest BCUT2D eigenvalue weighted by Crippen LogP contribution is -2.49. The van der Waals surface area contributed by atoms with E-state index in [1.807, 2.05) is 0 Å². The van der Waals surface area contributed by atoms with Crippen LogP contribution in [0.5, 0.6) is 0 Å². The molecule has 0 spiro atoms. The molecule has 0 radical (unpaired) electrons. The van der Waals surface area contributed by atoms with Crippen molar-refractivity contribution in [3.63, 3.8) is 0 Å². The molecule has 1 fully saturated rings. The van der Waals surface area contributed by atoms with E-state index >= 15 is 0 Å². The van der Waals surface area contributed by atoms with E-state index in [0.717, 1.165) is 4.31 Å². The molecule has 0 atom stereocenters. The topological polar surface area (TPSA) is 108 Å². The Labute approximate surface area is 150 Å². The number of amides is 2. The Kier molecular flexibility index (Phi) is 7.63. The number of carbonyl (C=O) groups is 2. The number of carbonyl (C=O) groups excluding carboxylic acids is 2. The number of ether oxygens (including phenoxy) is 1. The second-order valence-electron chi connectivity index (χ2n) is 7.24. The molecule has 1 aliphatic rings. The fourth-order valence-corrected chi connectivity index (χ4v) is 3.17. The van der Waals surface area contributed by atoms with Gasteiger partial charge in [-0.25, -0.2) is 4.79 Å². The summed E-state index contributed by atoms with van der Waals surface area (Å²) in [6.07, 6.45) is 0.779. The number of hydrogen-bond donors (Lipinski definition) is 2. The average Bonchev–Trinajstić information content (AvgIpc) is 2.45. The zero-order valence-corrected chi connectivity index (χ0v) is 16.5. The highest BCUT2D eigenvalue weighted by Gasteiger charge is 2.26. The van der Waals surface area contributed by atoms with Crippen molar-refractivity contribution in [2.45, 2.75) is 51.7 Å². The highest BCUT2D eigenvalue weighted by atomic mass is 32.2. The minimum absolute atomic E-state index is 0.0648. The smallest absolute Gasteiger partial charge is 0.407 e. The number of nitrogens with zero attached hydrogens (tertiary/aromatic N) is 2. The van der Waals surface area contributed by atoms with Gasteiger partial charge in [0.2, 0.25) is 5.91 Å². The van der Waals surface area contributed by atoms with E-state index in [1.165, 1.54) is 14.1 Å². The van der Waals surface area contributed by atoms with Crippen molar-refractivity contribution in [2.24, 2.45) is 0 Å². The molecule has 0 unspecified atom stereocenters. The Hall–Kier alpha value is -1.39. The molecule has 1 heterocycles. The lowest BCUT2D eigenvalue weighted by atomic mass is 10.1. The van der Waals surface area contributed by atoms with Crippen molar-refractivity contribution >= 4 is 22.2 Å². The van der Waals surface area contributed by atoms with Crippen LogP contribution in [0.1, 0.15) is 40.0 Å². The second kappa shape index (κ2) is 8.81. The number of rotatable bonds is 6. The van der Waals surface area contributed by atoms with Crippen molar-refractivity contribution in [3.8, 4) is 0 Å². The van der Waals surface area contributed by atoms with Gasteiger partial charge in [0, 0.05) is 46.2 Å².